The van der Waals surface area contributed by atoms with Crippen LogP contribution in [-0.2, 0) is 9.84 Å². The van der Waals surface area contributed by atoms with Crippen LogP contribution in [0.2, 0.25) is 0 Å². The van der Waals surface area contributed by atoms with Crippen molar-refractivity contribution < 1.29 is 8.42 Å². The van der Waals surface area contributed by atoms with E-state index in [0.29, 0.717) is 12.2 Å². The first kappa shape index (κ1) is 14.6. The van der Waals surface area contributed by atoms with E-state index in [4.69, 9.17) is 5.73 Å². The van der Waals surface area contributed by atoms with Crippen molar-refractivity contribution in [2.45, 2.75) is 32.2 Å². The summed E-state index contributed by atoms with van der Waals surface area (Å²) in [7, 11) is -2.95. The van der Waals surface area contributed by atoms with Gasteiger partial charge in [0.1, 0.15) is 11.5 Å². The van der Waals surface area contributed by atoms with Gasteiger partial charge in [-0.2, -0.15) is 5.10 Å². The first-order chi connectivity index (χ1) is 9.89. The maximum atomic E-state index is 11.7. The monoisotopic (exact) mass is 325 g/mol. The van der Waals surface area contributed by atoms with Crippen molar-refractivity contribution in [3.05, 3.63) is 23.1 Å². The number of sulfone groups is 1. The topological polar surface area (TPSA) is 78.0 Å². The number of aromatic nitrogens is 2. The van der Waals surface area contributed by atoms with Gasteiger partial charge in [-0.25, -0.2) is 13.1 Å². The van der Waals surface area contributed by atoms with Crippen LogP contribution >= 0.6 is 11.3 Å². The summed E-state index contributed by atoms with van der Waals surface area (Å²) >= 11 is 1.62. The Morgan fingerprint density at radius 1 is 1.48 bits per heavy atom. The van der Waals surface area contributed by atoms with Crippen LogP contribution in [0.15, 0.2) is 17.5 Å². The molecular weight excluding hydrogens is 306 g/mol. The molecule has 0 amide bonds. The van der Waals surface area contributed by atoms with Gasteiger partial charge in [-0.1, -0.05) is 19.9 Å². The van der Waals surface area contributed by atoms with E-state index in [0.717, 1.165) is 16.1 Å². The Bertz CT molecular complexity index is 746. The average Bonchev–Trinajstić information content (AvgIpc) is 3.07. The van der Waals surface area contributed by atoms with Crippen molar-refractivity contribution in [1.29, 1.82) is 0 Å². The summed E-state index contributed by atoms with van der Waals surface area (Å²) in [6.45, 7) is 4.17. The van der Waals surface area contributed by atoms with Crippen LogP contribution in [0, 0.1) is 0 Å². The first-order valence-electron chi connectivity index (χ1n) is 7.01. The number of rotatable bonds is 3. The Kier molecular flexibility index (Phi) is 3.57. The van der Waals surface area contributed by atoms with Gasteiger partial charge in [0.15, 0.2) is 9.84 Å². The third kappa shape index (κ3) is 2.60. The summed E-state index contributed by atoms with van der Waals surface area (Å²) in [6, 6.07) is 3.87. The Balaban J connectivity index is 2.09. The summed E-state index contributed by atoms with van der Waals surface area (Å²) in [6.07, 6.45) is 0.593. The highest BCUT2D eigenvalue weighted by molar-refractivity contribution is 7.91. The standard InChI is InChI=1S/C14H19N3O2S2/c1-9(2)12-13(11-4-3-6-20-11)16-17(14(12)15)10-5-7-21(18,19)8-10/h3-4,6,9-10H,5,7-8,15H2,1-2H3. The van der Waals surface area contributed by atoms with Crippen molar-refractivity contribution in [1.82, 2.24) is 9.78 Å². The van der Waals surface area contributed by atoms with Gasteiger partial charge < -0.3 is 5.73 Å². The van der Waals surface area contributed by atoms with E-state index in [-0.39, 0.29) is 23.5 Å². The molecule has 0 aromatic carbocycles. The Morgan fingerprint density at radius 2 is 2.24 bits per heavy atom. The number of hydrogen-bond donors (Lipinski definition) is 1. The lowest BCUT2D eigenvalue weighted by Crippen LogP contribution is -2.15. The van der Waals surface area contributed by atoms with E-state index < -0.39 is 9.84 Å². The second-order valence-corrected chi connectivity index (χ2v) is 8.96. The molecule has 0 saturated carbocycles. The molecule has 1 aliphatic heterocycles. The molecule has 1 saturated heterocycles. The molecule has 21 heavy (non-hydrogen) atoms. The van der Waals surface area contributed by atoms with Crippen LogP contribution in [-0.4, -0.2) is 29.7 Å². The SMILES string of the molecule is CC(C)c1c(-c2cccs2)nn(C2CCS(=O)(=O)C2)c1N. The molecule has 0 bridgehead atoms. The quantitative estimate of drug-likeness (QED) is 0.941. The summed E-state index contributed by atoms with van der Waals surface area (Å²) in [5.74, 6) is 1.21. The molecule has 1 unspecified atom stereocenters. The number of nitrogens with zero attached hydrogens (tertiary/aromatic N) is 2. The first-order valence-corrected chi connectivity index (χ1v) is 9.71. The Hall–Kier alpha value is -1.34. The molecule has 0 aliphatic carbocycles. The molecule has 0 radical (unpaired) electrons. The minimum Gasteiger partial charge on any atom is -0.384 e. The lowest BCUT2D eigenvalue weighted by Gasteiger charge is -2.11. The Morgan fingerprint density at radius 3 is 2.76 bits per heavy atom. The van der Waals surface area contributed by atoms with Crippen LogP contribution in [0.25, 0.3) is 10.6 Å². The number of hydrogen-bond acceptors (Lipinski definition) is 5. The lowest BCUT2D eigenvalue weighted by atomic mass is 10.0. The van der Waals surface area contributed by atoms with Crippen molar-refractivity contribution >= 4 is 27.0 Å². The average molecular weight is 325 g/mol. The molecule has 2 aromatic rings. The van der Waals surface area contributed by atoms with Gasteiger partial charge >= 0.3 is 0 Å². The molecule has 5 nitrogen and oxygen atoms in total. The molecular formula is C14H19N3O2S2. The predicted octanol–water partition coefficient (Wildman–Crippen LogP) is 2.68. The van der Waals surface area contributed by atoms with Crippen molar-refractivity contribution in [3.8, 4) is 10.6 Å². The van der Waals surface area contributed by atoms with E-state index in [1.54, 1.807) is 16.0 Å². The molecule has 7 heteroatoms. The van der Waals surface area contributed by atoms with E-state index in [1.165, 1.54) is 0 Å². The fourth-order valence-electron chi connectivity index (χ4n) is 2.87. The molecule has 2 aromatic heterocycles. The minimum absolute atomic E-state index is 0.138. The molecule has 3 rings (SSSR count). The van der Waals surface area contributed by atoms with Gasteiger partial charge in [0, 0.05) is 5.56 Å². The van der Waals surface area contributed by atoms with Crippen molar-refractivity contribution in [2.75, 3.05) is 17.2 Å². The molecule has 3 heterocycles. The maximum absolute atomic E-state index is 11.7. The molecule has 0 spiro atoms. The fraction of sp³-hybridized carbons (Fsp3) is 0.500. The van der Waals surface area contributed by atoms with Gasteiger partial charge in [-0.15, -0.1) is 11.3 Å². The van der Waals surface area contributed by atoms with E-state index in [9.17, 15) is 8.42 Å². The summed E-state index contributed by atoms with van der Waals surface area (Å²) in [4.78, 5) is 1.07. The summed E-state index contributed by atoms with van der Waals surface area (Å²) < 4.78 is 25.1. The molecule has 2 N–H and O–H groups in total. The van der Waals surface area contributed by atoms with Crippen LogP contribution < -0.4 is 5.73 Å². The number of nitrogen functional groups attached to an aromatic ring is 1. The Labute approximate surface area is 128 Å². The third-order valence-electron chi connectivity index (χ3n) is 3.87. The largest absolute Gasteiger partial charge is 0.384 e. The van der Waals surface area contributed by atoms with Gasteiger partial charge in [0.2, 0.25) is 0 Å². The highest BCUT2D eigenvalue weighted by atomic mass is 32.2. The maximum Gasteiger partial charge on any atom is 0.152 e. The minimum atomic E-state index is -2.95. The van der Waals surface area contributed by atoms with E-state index >= 15 is 0 Å². The van der Waals surface area contributed by atoms with Gasteiger partial charge in [-0.05, 0) is 23.8 Å². The molecule has 1 atom stereocenters. The number of thiophene rings is 1. The smallest absolute Gasteiger partial charge is 0.152 e. The second-order valence-electron chi connectivity index (χ2n) is 5.78. The van der Waals surface area contributed by atoms with E-state index in [1.807, 2.05) is 17.5 Å². The predicted molar refractivity (Wildman–Crippen MR) is 86.3 cm³/mol. The number of anilines is 1. The van der Waals surface area contributed by atoms with Crippen molar-refractivity contribution in [3.63, 3.8) is 0 Å². The summed E-state index contributed by atoms with van der Waals surface area (Å²) in [5, 5.41) is 6.67. The van der Waals surface area contributed by atoms with Crippen LogP contribution in [0.3, 0.4) is 0 Å². The zero-order chi connectivity index (χ0) is 15.2. The molecule has 114 valence electrons. The van der Waals surface area contributed by atoms with Gasteiger partial charge in [0.25, 0.3) is 0 Å². The summed E-state index contributed by atoms with van der Waals surface area (Å²) in [5.41, 5.74) is 8.20. The lowest BCUT2D eigenvalue weighted by molar-refractivity contribution is 0.508. The van der Waals surface area contributed by atoms with Crippen LogP contribution in [0.4, 0.5) is 5.82 Å². The van der Waals surface area contributed by atoms with Crippen LogP contribution in [0.1, 0.15) is 37.8 Å². The zero-order valence-electron chi connectivity index (χ0n) is 12.1. The third-order valence-corrected chi connectivity index (χ3v) is 6.50. The second kappa shape index (κ2) is 5.14. The highest BCUT2D eigenvalue weighted by Gasteiger charge is 2.33. The fourth-order valence-corrected chi connectivity index (χ4v) is 5.29. The zero-order valence-corrected chi connectivity index (χ0v) is 13.7. The van der Waals surface area contributed by atoms with E-state index in [2.05, 4.69) is 18.9 Å². The molecule has 1 fully saturated rings. The van der Waals surface area contributed by atoms with Gasteiger partial charge in [-0.3, -0.25) is 0 Å². The molecule has 1 aliphatic rings. The normalized spacial score (nSPS) is 21.2. The van der Waals surface area contributed by atoms with Gasteiger partial charge in [0.05, 0.1) is 22.4 Å². The number of nitrogens with two attached hydrogens (primary N) is 1. The highest BCUT2D eigenvalue weighted by Crippen LogP contribution is 2.38. The van der Waals surface area contributed by atoms with Crippen LogP contribution in [0.5, 0.6) is 0 Å². The van der Waals surface area contributed by atoms with Crippen molar-refractivity contribution in [2.24, 2.45) is 0 Å².